The molecule has 34 heavy (non-hydrogen) atoms. The Balaban J connectivity index is 1.91. The Morgan fingerprint density at radius 1 is 1.03 bits per heavy atom. The number of benzene rings is 2. The zero-order valence-corrected chi connectivity index (χ0v) is 21.2. The molecule has 186 valence electrons. The number of amides is 1. The highest BCUT2D eigenvalue weighted by atomic mass is 32.2. The number of rotatable bonds is 10. The van der Waals surface area contributed by atoms with Gasteiger partial charge in [-0.25, -0.2) is 8.42 Å². The van der Waals surface area contributed by atoms with E-state index in [-0.39, 0.29) is 24.0 Å². The third-order valence-corrected chi connectivity index (χ3v) is 7.42. The molecule has 0 radical (unpaired) electrons. The molecule has 1 atom stereocenters. The van der Waals surface area contributed by atoms with E-state index in [1.54, 1.807) is 41.3 Å². The Hall–Kier alpha value is -2.94. The standard InChI is InChI=1S/C25H33NO7S/c1-17(2)15-33-21-8-6-19(7-9-21)25(27)26(20-10-11-34(28,29)16-20)14-18-12-22(30-3)24(32-5)23(13-18)31-4/h6-9,12-13,17,20H,10-11,14-16H2,1-5H3/t20-/m0/s1. The predicted octanol–water partition coefficient (Wildman–Crippen LogP) is 3.58. The Kier molecular flexibility index (Phi) is 8.30. The van der Waals surface area contributed by atoms with Crippen LogP contribution < -0.4 is 18.9 Å². The minimum Gasteiger partial charge on any atom is -0.493 e. The van der Waals surface area contributed by atoms with Crippen LogP contribution in [0.2, 0.25) is 0 Å². The van der Waals surface area contributed by atoms with E-state index in [4.69, 9.17) is 18.9 Å². The van der Waals surface area contributed by atoms with Crippen LogP contribution in [0.5, 0.6) is 23.0 Å². The Morgan fingerprint density at radius 2 is 1.65 bits per heavy atom. The molecule has 1 heterocycles. The van der Waals surface area contributed by atoms with Gasteiger partial charge in [0.15, 0.2) is 21.3 Å². The van der Waals surface area contributed by atoms with E-state index in [1.165, 1.54) is 21.3 Å². The van der Waals surface area contributed by atoms with Crippen LogP contribution in [0.15, 0.2) is 36.4 Å². The number of carbonyl (C=O) groups is 1. The molecule has 0 saturated carbocycles. The number of methoxy groups -OCH3 is 3. The van der Waals surface area contributed by atoms with Gasteiger partial charge in [0.2, 0.25) is 5.75 Å². The number of sulfone groups is 1. The van der Waals surface area contributed by atoms with Gasteiger partial charge in [0.1, 0.15) is 5.75 Å². The van der Waals surface area contributed by atoms with Crippen molar-refractivity contribution in [1.82, 2.24) is 4.90 Å². The van der Waals surface area contributed by atoms with Gasteiger partial charge in [0.25, 0.3) is 5.91 Å². The molecule has 0 aromatic heterocycles. The summed E-state index contributed by atoms with van der Waals surface area (Å²) in [6.07, 6.45) is 0.397. The molecule has 2 aromatic carbocycles. The number of hydrogen-bond acceptors (Lipinski definition) is 7. The first-order chi connectivity index (χ1) is 16.2. The average Bonchev–Trinajstić information content (AvgIpc) is 3.19. The number of carbonyl (C=O) groups excluding carboxylic acids is 1. The second-order valence-electron chi connectivity index (χ2n) is 8.75. The van der Waals surface area contributed by atoms with Crippen molar-refractivity contribution < 1.29 is 32.2 Å². The van der Waals surface area contributed by atoms with Crippen LogP contribution in [-0.4, -0.2) is 64.7 Å². The van der Waals surface area contributed by atoms with E-state index in [9.17, 15) is 13.2 Å². The van der Waals surface area contributed by atoms with E-state index in [2.05, 4.69) is 13.8 Å². The molecule has 0 N–H and O–H groups in total. The van der Waals surface area contributed by atoms with Crippen molar-refractivity contribution in [3.05, 3.63) is 47.5 Å². The summed E-state index contributed by atoms with van der Waals surface area (Å²) in [6, 6.07) is 10.1. The molecule has 1 aliphatic heterocycles. The first kappa shape index (κ1) is 25.7. The van der Waals surface area contributed by atoms with Crippen LogP contribution in [0.4, 0.5) is 0 Å². The van der Waals surface area contributed by atoms with Crippen molar-refractivity contribution in [3.8, 4) is 23.0 Å². The lowest BCUT2D eigenvalue weighted by atomic mass is 10.1. The van der Waals surface area contributed by atoms with Crippen LogP contribution in [0.1, 0.15) is 36.2 Å². The smallest absolute Gasteiger partial charge is 0.254 e. The zero-order valence-electron chi connectivity index (χ0n) is 20.4. The number of nitrogens with zero attached hydrogens (tertiary/aromatic N) is 1. The van der Waals surface area contributed by atoms with Crippen molar-refractivity contribution in [2.75, 3.05) is 39.4 Å². The molecule has 8 nitrogen and oxygen atoms in total. The van der Waals surface area contributed by atoms with Gasteiger partial charge in [0.05, 0.1) is 39.4 Å². The quantitative estimate of drug-likeness (QED) is 0.502. The Labute approximate surface area is 201 Å². The highest BCUT2D eigenvalue weighted by Gasteiger charge is 2.35. The average molecular weight is 492 g/mol. The molecule has 3 rings (SSSR count). The van der Waals surface area contributed by atoms with Crippen molar-refractivity contribution in [2.45, 2.75) is 32.9 Å². The van der Waals surface area contributed by atoms with E-state index >= 15 is 0 Å². The Bertz CT molecular complexity index is 1070. The molecule has 2 aromatic rings. The van der Waals surface area contributed by atoms with Gasteiger partial charge in [0, 0.05) is 18.2 Å². The maximum Gasteiger partial charge on any atom is 0.254 e. The maximum atomic E-state index is 13.6. The van der Waals surface area contributed by atoms with E-state index in [1.807, 2.05) is 0 Å². The number of ether oxygens (including phenoxy) is 4. The summed E-state index contributed by atoms with van der Waals surface area (Å²) >= 11 is 0. The summed E-state index contributed by atoms with van der Waals surface area (Å²) in [5.41, 5.74) is 1.21. The van der Waals surface area contributed by atoms with Gasteiger partial charge in [-0.1, -0.05) is 13.8 Å². The highest BCUT2D eigenvalue weighted by Crippen LogP contribution is 2.39. The second-order valence-corrected chi connectivity index (χ2v) is 11.0. The third-order valence-electron chi connectivity index (χ3n) is 5.67. The van der Waals surface area contributed by atoms with E-state index < -0.39 is 15.9 Å². The normalized spacial score (nSPS) is 16.8. The lowest BCUT2D eigenvalue weighted by molar-refractivity contribution is 0.0680. The summed E-state index contributed by atoms with van der Waals surface area (Å²) in [6.45, 7) is 4.91. The molecule has 1 aliphatic rings. The first-order valence-electron chi connectivity index (χ1n) is 11.2. The molecular weight excluding hydrogens is 458 g/mol. The fourth-order valence-corrected chi connectivity index (χ4v) is 5.66. The maximum absolute atomic E-state index is 13.6. The molecule has 1 fully saturated rings. The van der Waals surface area contributed by atoms with Gasteiger partial charge in [-0.05, 0) is 54.3 Å². The van der Waals surface area contributed by atoms with Crippen LogP contribution in [0, 0.1) is 5.92 Å². The van der Waals surface area contributed by atoms with Gasteiger partial charge < -0.3 is 23.8 Å². The molecule has 0 unspecified atom stereocenters. The molecule has 9 heteroatoms. The molecule has 1 saturated heterocycles. The van der Waals surface area contributed by atoms with Crippen molar-refractivity contribution in [3.63, 3.8) is 0 Å². The fourth-order valence-electron chi connectivity index (χ4n) is 3.93. The summed E-state index contributed by atoms with van der Waals surface area (Å²) in [4.78, 5) is 15.2. The summed E-state index contributed by atoms with van der Waals surface area (Å²) < 4.78 is 46.4. The summed E-state index contributed by atoms with van der Waals surface area (Å²) in [5, 5.41) is 0. The summed E-state index contributed by atoms with van der Waals surface area (Å²) in [7, 11) is 1.38. The van der Waals surface area contributed by atoms with Crippen molar-refractivity contribution in [1.29, 1.82) is 0 Å². The SMILES string of the molecule is COc1cc(CN(C(=O)c2ccc(OCC(C)C)cc2)[C@H]2CCS(=O)(=O)C2)cc(OC)c1OC. The van der Waals surface area contributed by atoms with Crippen LogP contribution >= 0.6 is 0 Å². The largest absolute Gasteiger partial charge is 0.493 e. The van der Waals surface area contributed by atoms with Crippen molar-refractivity contribution >= 4 is 15.7 Å². The lowest BCUT2D eigenvalue weighted by Gasteiger charge is -2.29. The third kappa shape index (κ3) is 6.14. The topological polar surface area (TPSA) is 91.4 Å². The molecule has 1 amide bonds. The molecule has 0 bridgehead atoms. The van der Waals surface area contributed by atoms with Crippen LogP contribution in [-0.2, 0) is 16.4 Å². The van der Waals surface area contributed by atoms with Gasteiger partial charge in [-0.2, -0.15) is 0 Å². The minimum absolute atomic E-state index is 0.0568. The van der Waals surface area contributed by atoms with Crippen LogP contribution in [0.25, 0.3) is 0 Å². The zero-order chi connectivity index (χ0) is 24.9. The molecular formula is C25H33NO7S. The second kappa shape index (κ2) is 11.0. The predicted molar refractivity (Wildman–Crippen MR) is 130 cm³/mol. The van der Waals surface area contributed by atoms with E-state index in [0.717, 1.165) is 5.56 Å². The van der Waals surface area contributed by atoms with Gasteiger partial charge in [-0.3, -0.25) is 4.79 Å². The van der Waals surface area contributed by atoms with Crippen LogP contribution in [0.3, 0.4) is 0 Å². The fraction of sp³-hybridized carbons (Fsp3) is 0.480. The Morgan fingerprint density at radius 3 is 2.12 bits per heavy atom. The minimum atomic E-state index is -3.19. The molecule has 0 aliphatic carbocycles. The lowest BCUT2D eigenvalue weighted by Crippen LogP contribution is -2.40. The molecule has 0 spiro atoms. The number of hydrogen-bond donors (Lipinski definition) is 0. The van der Waals surface area contributed by atoms with Gasteiger partial charge in [-0.15, -0.1) is 0 Å². The first-order valence-corrected chi connectivity index (χ1v) is 13.0. The van der Waals surface area contributed by atoms with E-state index in [0.29, 0.717) is 47.5 Å². The monoisotopic (exact) mass is 491 g/mol. The van der Waals surface area contributed by atoms with Crippen molar-refractivity contribution in [2.24, 2.45) is 5.92 Å². The highest BCUT2D eigenvalue weighted by molar-refractivity contribution is 7.91. The van der Waals surface area contributed by atoms with Gasteiger partial charge >= 0.3 is 0 Å². The summed E-state index contributed by atoms with van der Waals surface area (Å²) in [5.74, 6) is 2.23.